The molecular weight excluding hydrogens is 242 g/mol. The van der Waals surface area contributed by atoms with E-state index < -0.39 is 0 Å². The first kappa shape index (κ1) is 13.4. The number of hydrogen-bond acceptors (Lipinski definition) is 2. The predicted molar refractivity (Wildman–Crippen MR) is 75.1 cm³/mol. The van der Waals surface area contributed by atoms with Gasteiger partial charge in [0.15, 0.2) is 0 Å². The summed E-state index contributed by atoms with van der Waals surface area (Å²) in [7, 11) is 1.56. The second-order valence-electron chi connectivity index (χ2n) is 4.76. The van der Waals surface area contributed by atoms with Gasteiger partial charge in [-0.1, -0.05) is 18.9 Å². The molecule has 0 spiro atoms. The van der Waals surface area contributed by atoms with Crippen LogP contribution in [-0.4, -0.2) is 19.0 Å². The highest BCUT2D eigenvalue weighted by atomic mass is 16.2. The number of amides is 3. The van der Waals surface area contributed by atoms with Gasteiger partial charge < -0.3 is 16.0 Å². The van der Waals surface area contributed by atoms with Crippen LogP contribution >= 0.6 is 0 Å². The summed E-state index contributed by atoms with van der Waals surface area (Å²) in [6, 6.07) is 6.87. The second-order valence-corrected chi connectivity index (χ2v) is 4.76. The van der Waals surface area contributed by atoms with Crippen molar-refractivity contribution in [3.8, 4) is 0 Å². The quantitative estimate of drug-likeness (QED) is 0.782. The summed E-state index contributed by atoms with van der Waals surface area (Å²) in [5.41, 5.74) is 1.37. The van der Waals surface area contributed by atoms with Crippen LogP contribution in [0.15, 0.2) is 24.3 Å². The van der Waals surface area contributed by atoms with Crippen molar-refractivity contribution in [3.63, 3.8) is 0 Å². The standard InChI is InChI=1S/C14H19N3O2/c1-15-14(19)17-12-8-4-7-11(9-12)16-13(18)10-5-2-3-6-10/h4,7-10H,2-3,5-6H2,1H3,(H,16,18)(H2,15,17,19). The van der Waals surface area contributed by atoms with E-state index in [1.807, 2.05) is 6.07 Å². The molecule has 1 aromatic carbocycles. The van der Waals surface area contributed by atoms with Gasteiger partial charge in [0.2, 0.25) is 5.91 Å². The van der Waals surface area contributed by atoms with Gasteiger partial charge in [0.25, 0.3) is 0 Å². The van der Waals surface area contributed by atoms with Crippen molar-refractivity contribution in [2.24, 2.45) is 5.92 Å². The van der Waals surface area contributed by atoms with Gasteiger partial charge in [-0.25, -0.2) is 4.79 Å². The first-order valence-electron chi connectivity index (χ1n) is 6.58. The van der Waals surface area contributed by atoms with Crippen molar-refractivity contribution in [2.75, 3.05) is 17.7 Å². The van der Waals surface area contributed by atoms with E-state index in [0.29, 0.717) is 11.4 Å². The van der Waals surface area contributed by atoms with Gasteiger partial charge in [-0.3, -0.25) is 4.79 Å². The minimum atomic E-state index is -0.278. The highest BCUT2D eigenvalue weighted by molar-refractivity contribution is 5.94. The monoisotopic (exact) mass is 261 g/mol. The molecule has 5 heteroatoms. The third-order valence-corrected chi connectivity index (χ3v) is 3.34. The van der Waals surface area contributed by atoms with E-state index in [9.17, 15) is 9.59 Å². The fourth-order valence-corrected chi connectivity index (χ4v) is 2.30. The zero-order valence-electron chi connectivity index (χ0n) is 11.0. The smallest absolute Gasteiger partial charge is 0.318 e. The Kier molecular flexibility index (Phi) is 4.39. The van der Waals surface area contributed by atoms with E-state index in [1.165, 1.54) is 0 Å². The predicted octanol–water partition coefficient (Wildman–Crippen LogP) is 2.57. The molecule has 0 atom stereocenters. The van der Waals surface area contributed by atoms with Gasteiger partial charge in [0.1, 0.15) is 0 Å². The zero-order valence-corrected chi connectivity index (χ0v) is 11.0. The second kappa shape index (κ2) is 6.22. The van der Waals surface area contributed by atoms with E-state index in [0.717, 1.165) is 25.7 Å². The Balaban J connectivity index is 1.98. The van der Waals surface area contributed by atoms with Gasteiger partial charge in [0, 0.05) is 24.3 Å². The van der Waals surface area contributed by atoms with Crippen LogP contribution in [0.4, 0.5) is 16.2 Å². The van der Waals surface area contributed by atoms with Crippen LogP contribution in [0, 0.1) is 5.92 Å². The lowest BCUT2D eigenvalue weighted by atomic mass is 10.1. The lowest BCUT2D eigenvalue weighted by Gasteiger charge is -2.11. The highest BCUT2D eigenvalue weighted by Gasteiger charge is 2.22. The lowest BCUT2D eigenvalue weighted by molar-refractivity contribution is -0.119. The molecule has 0 bridgehead atoms. The summed E-state index contributed by atoms with van der Waals surface area (Å²) in [6.45, 7) is 0. The van der Waals surface area contributed by atoms with Gasteiger partial charge in [-0.2, -0.15) is 0 Å². The largest absolute Gasteiger partial charge is 0.341 e. The maximum absolute atomic E-state index is 12.0. The fourth-order valence-electron chi connectivity index (χ4n) is 2.30. The fraction of sp³-hybridized carbons (Fsp3) is 0.429. The Labute approximate surface area is 112 Å². The Morgan fingerprint density at radius 3 is 2.37 bits per heavy atom. The number of nitrogens with one attached hydrogen (secondary N) is 3. The Morgan fingerprint density at radius 2 is 1.74 bits per heavy atom. The van der Waals surface area contributed by atoms with Crippen LogP contribution < -0.4 is 16.0 Å². The van der Waals surface area contributed by atoms with Crippen LogP contribution in [0.25, 0.3) is 0 Å². The number of carbonyl (C=O) groups is 2. The Morgan fingerprint density at radius 1 is 1.11 bits per heavy atom. The molecule has 3 N–H and O–H groups in total. The van der Waals surface area contributed by atoms with Crippen LogP contribution in [0.2, 0.25) is 0 Å². The number of benzene rings is 1. The van der Waals surface area contributed by atoms with Crippen LogP contribution in [0.5, 0.6) is 0 Å². The van der Waals surface area contributed by atoms with Crippen LogP contribution in [0.1, 0.15) is 25.7 Å². The third kappa shape index (κ3) is 3.71. The number of hydrogen-bond donors (Lipinski definition) is 3. The molecular formula is C14H19N3O2. The molecule has 1 aromatic rings. The van der Waals surface area contributed by atoms with E-state index in [2.05, 4.69) is 16.0 Å². The van der Waals surface area contributed by atoms with E-state index in [1.54, 1.807) is 25.2 Å². The van der Waals surface area contributed by atoms with E-state index in [4.69, 9.17) is 0 Å². The summed E-state index contributed by atoms with van der Waals surface area (Å²) in [4.78, 5) is 23.2. The number of carbonyl (C=O) groups excluding carboxylic acids is 2. The molecule has 19 heavy (non-hydrogen) atoms. The zero-order chi connectivity index (χ0) is 13.7. The highest BCUT2D eigenvalue weighted by Crippen LogP contribution is 2.26. The van der Waals surface area contributed by atoms with Gasteiger partial charge in [-0.15, -0.1) is 0 Å². The Hall–Kier alpha value is -2.04. The molecule has 1 aliphatic carbocycles. The molecule has 0 saturated heterocycles. The molecule has 0 unspecified atom stereocenters. The maximum atomic E-state index is 12.0. The average Bonchev–Trinajstić information content (AvgIpc) is 2.93. The SMILES string of the molecule is CNC(=O)Nc1cccc(NC(=O)C2CCCC2)c1. The minimum Gasteiger partial charge on any atom is -0.341 e. The van der Waals surface area contributed by atoms with Crippen molar-refractivity contribution in [1.29, 1.82) is 0 Å². The number of rotatable bonds is 3. The van der Waals surface area contributed by atoms with Crippen LogP contribution in [0.3, 0.4) is 0 Å². The molecule has 3 amide bonds. The molecule has 102 valence electrons. The van der Waals surface area contributed by atoms with Crippen molar-refractivity contribution >= 4 is 23.3 Å². The molecule has 0 aliphatic heterocycles. The van der Waals surface area contributed by atoms with Crippen LogP contribution in [-0.2, 0) is 4.79 Å². The van der Waals surface area contributed by atoms with Crippen molar-refractivity contribution < 1.29 is 9.59 Å². The topological polar surface area (TPSA) is 70.2 Å². The van der Waals surface area contributed by atoms with Gasteiger partial charge >= 0.3 is 6.03 Å². The number of anilines is 2. The molecule has 2 rings (SSSR count). The first-order valence-corrected chi connectivity index (χ1v) is 6.58. The molecule has 5 nitrogen and oxygen atoms in total. The molecule has 0 radical (unpaired) electrons. The van der Waals surface area contributed by atoms with Gasteiger partial charge in [-0.05, 0) is 31.0 Å². The summed E-state index contributed by atoms with van der Waals surface area (Å²) < 4.78 is 0. The lowest BCUT2D eigenvalue weighted by Crippen LogP contribution is -2.24. The maximum Gasteiger partial charge on any atom is 0.318 e. The average molecular weight is 261 g/mol. The molecule has 1 fully saturated rings. The number of urea groups is 1. The summed E-state index contributed by atoms with van der Waals surface area (Å²) in [5.74, 6) is 0.213. The van der Waals surface area contributed by atoms with E-state index >= 15 is 0 Å². The molecule has 1 saturated carbocycles. The van der Waals surface area contributed by atoms with Crippen molar-refractivity contribution in [3.05, 3.63) is 24.3 Å². The molecule has 1 aliphatic rings. The molecule has 0 heterocycles. The summed E-state index contributed by atoms with van der Waals surface area (Å²) in [5, 5.41) is 8.06. The normalized spacial score (nSPS) is 15.0. The van der Waals surface area contributed by atoms with Crippen molar-refractivity contribution in [2.45, 2.75) is 25.7 Å². The van der Waals surface area contributed by atoms with Crippen molar-refractivity contribution in [1.82, 2.24) is 5.32 Å². The summed E-state index contributed by atoms with van der Waals surface area (Å²) in [6.07, 6.45) is 4.22. The third-order valence-electron chi connectivity index (χ3n) is 3.34. The Bertz CT molecular complexity index is 468. The minimum absolute atomic E-state index is 0.0783. The summed E-state index contributed by atoms with van der Waals surface area (Å²) >= 11 is 0. The first-order chi connectivity index (χ1) is 9.19. The van der Waals surface area contributed by atoms with Gasteiger partial charge in [0.05, 0.1) is 0 Å². The van der Waals surface area contributed by atoms with E-state index in [-0.39, 0.29) is 17.9 Å². The molecule has 0 aromatic heterocycles.